The predicted octanol–water partition coefficient (Wildman–Crippen LogP) is 21.2. The third-order valence-electron chi connectivity index (χ3n) is 19.4. The molecule has 10 heteroatoms. The first kappa shape index (κ1) is 56.4. The van der Waals surface area contributed by atoms with Crippen LogP contribution < -0.4 is 0 Å². The van der Waals surface area contributed by atoms with Crippen LogP contribution in [0.15, 0.2) is 291 Å². The highest BCUT2D eigenvalue weighted by Crippen LogP contribution is 2.53. The maximum atomic E-state index is 12.5. The first-order chi connectivity index (χ1) is 48.4. The van der Waals surface area contributed by atoms with Crippen LogP contribution in [0.3, 0.4) is 0 Å². The van der Waals surface area contributed by atoms with Crippen molar-refractivity contribution in [1.29, 1.82) is 26.3 Å². The molecule has 0 bridgehead atoms. The highest BCUT2D eigenvalue weighted by Gasteiger charge is 2.30. The Morgan fingerprint density at radius 1 is 0.224 bits per heavy atom. The van der Waals surface area contributed by atoms with Gasteiger partial charge in [-0.2, -0.15) is 26.3 Å². The van der Waals surface area contributed by atoms with Crippen molar-refractivity contribution in [2.24, 2.45) is 0 Å². The van der Waals surface area contributed by atoms with Gasteiger partial charge in [-0.05, 0) is 186 Å². The molecule has 450 valence electrons. The largest absolute Gasteiger partial charge is 0.309 e. The fourth-order valence-electron chi connectivity index (χ4n) is 15.2. The smallest absolute Gasteiger partial charge is 0.100 e. The van der Waals surface area contributed by atoms with Crippen LogP contribution in [0.1, 0.15) is 27.8 Å². The highest BCUT2D eigenvalue weighted by molar-refractivity contribution is 6.15. The number of rotatable bonds is 9. The Morgan fingerprint density at radius 2 is 0.490 bits per heavy atom. The molecule has 18 aromatic rings. The van der Waals surface area contributed by atoms with Crippen molar-refractivity contribution in [3.05, 3.63) is 319 Å². The molecular formula is C88H48N10. The van der Waals surface area contributed by atoms with Gasteiger partial charge >= 0.3 is 0 Å². The van der Waals surface area contributed by atoms with E-state index in [1.165, 1.54) is 0 Å². The normalized spacial score (nSPS) is 11.4. The Labute approximate surface area is 561 Å². The van der Waals surface area contributed by atoms with E-state index in [1.807, 2.05) is 146 Å². The molecule has 0 aliphatic heterocycles. The van der Waals surface area contributed by atoms with Gasteiger partial charge in [0.05, 0.1) is 102 Å². The zero-order chi connectivity index (χ0) is 65.7. The molecular weight excluding hydrogens is 1200 g/mol. The number of benzene rings is 13. The molecule has 0 saturated carbocycles. The number of hydrogen-bond donors (Lipinski definition) is 0. The van der Waals surface area contributed by atoms with Gasteiger partial charge in [0, 0.05) is 94.3 Å². The van der Waals surface area contributed by atoms with E-state index in [9.17, 15) is 26.3 Å². The molecule has 0 N–H and O–H groups in total. The number of pyridine rings is 1. The zero-order valence-electron chi connectivity index (χ0n) is 52.2. The molecule has 0 amide bonds. The molecule has 98 heavy (non-hydrogen) atoms. The molecule has 0 radical (unpaired) electrons. The van der Waals surface area contributed by atoms with Gasteiger partial charge in [0.2, 0.25) is 0 Å². The maximum Gasteiger partial charge on any atom is 0.100 e. The van der Waals surface area contributed by atoms with E-state index in [0.717, 1.165) is 154 Å². The van der Waals surface area contributed by atoms with Crippen LogP contribution in [0, 0.1) is 56.7 Å². The van der Waals surface area contributed by atoms with E-state index in [4.69, 9.17) is 4.98 Å². The van der Waals surface area contributed by atoms with E-state index >= 15 is 0 Å². The third kappa shape index (κ3) is 8.66. The minimum atomic E-state index is 0.449. The van der Waals surface area contributed by atoms with Gasteiger partial charge in [-0.15, -0.1) is 0 Å². The molecule has 0 fully saturated rings. The number of para-hydroxylation sites is 4. The van der Waals surface area contributed by atoms with Gasteiger partial charge < -0.3 is 18.3 Å². The SMILES string of the molecule is N#Cc1ccc2c(c1)c1ccccc1n2-c1ccc(-c2c(C#N)c(-c3ccc(-n4c5ccccc5c5cc(C#N)ccc54)cc3)c(-c3ccccn3)c(-c3ccc(-n4c5ccccc5c5cc(C#N)ccc54)cc3)c2-c2ccc(-n3c4ccccc4c4cc(C#N)ccc43)cc2)cc1. The van der Waals surface area contributed by atoms with Gasteiger partial charge in [0.1, 0.15) is 6.07 Å². The van der Waals surface area contributed by atoms with Crippen molar-refractivity contribution < 1.29 is 0 Å². The molecule has 0 spiro atoms. The second-order valence-corrected chi connectivity index (χ2v) is 24.5. The maximum absolute atomic E-state index is 12.5. The topological polar surface area (TPSA) is 152 Å². The van der Waals surface area contributed by atoms with Gasteiger partial charge in [-0.1, -0.05) is 127 Å². The molecule has 0 aliphatic rings. The summed E-state index contributed by atoms with van der Waals surface area (Å²) in [6.07, 6.45) is 1.81. The highest BCUT2D eigenvalue weighted by atomic mass is 15.0. The Balaban J connectivity index is 0.930. The summed E-state index contributed by atoms with van der Waals surface area (Å²) >= 11 is 0. The van der Waals surface area contributed by atoms with Crippen LogP contribution in [0.4, 0.5) is 0 Å². The van der Waals surface area contributed by atoms with Crippen LogP contribution in [-0.4, -0.2) is 23.3 Å². The molecule has 18 rings (SSSR count). The lowest BCUT2D eigenvalue weighted by molar-refractivity contribution is 1.18. The average molecular weight is 1250 g/mol. The number of nitrogens with zero attached hydrogens (tertiary/aromatic N) is 10. The fourth-order valence-corrected chi connectivity index (χ4v) is 15.2. The zero-order valence-corrected chi connectivity index (χ0v) is 52.2. The van der Waals surface area contributed by atoms with Gasteiger partial charge in [0.15, 0.2) is 0 Å². The molecule has 0 unspecified atom stereocenters. The Bertz CT molecular complexity index is 6630. The molecule has 0 aliphatic carbocycles. The molecule has 10 nitrogen and oxygen atoms in total. The van der Waals surface area contributed by atoms with E-state index in [0.29, 0.717) is 39.1 Å². The minimum Gasteiger partial charge on any atom is -0.309 e. The molecule has 5 aromatic heterocycles. The van der Waals surface area contributed by atoms with Crippen molar-refractivity contribution in [2.45, 2.75) is 0 Å². The van der Waals surface area contributed by atoms with Crippen molar-refractivity contribution >= 4 is 87.2 Å². The number of hydrogen-bond acceptors (Lipinski definition) is 6. The molecule has 0 saturated heterocycles. The number of fused-ring (bicyclic) bond motifs is 12. The van der Waals surface area contributed by atoms with Crippen LogP contribution in [0.5, 0.6) is 0 Å². The summed E-state index contributed by atoms with van der Waals surface area (Å²) in [6.45, 7) is 0. The Morgan fingerprint density at radius 3 is 0.776 bits per heavy atom. The fraction of sp³-hybridized carbons (Fsp3) is 0. The van der Waals surface area contributed by atoms with E-state index in [2.05, 4.69) is 194 Å². The third-order valence-corrected chi connectivity index (χ3v) is 19.4. The first-order valence-corrected chi connectivity index (χ1v) is 32.1. The van der Waals surface area contributed by atoms with Crippen molar-refractivity contribution in [2.75, 3.05) is 0 Å². The quantitative estimate of drug-likeness (QED) is 0.140. The minimum absolute atomic E-state index is 0.449. The van der Waals surface area contributed by atoms with Crippen molar-refractivity contribution in [3.63, 3.8) is 0 Å². The molecule has 13 aromatic carbocycles. The molecule has 5 heterocycles. The lowest BCUT2D eigenvalue weighted by atomic mass is 9.76. The summed E-state index contributed by atoms with van der Waals surface area (Å²) in [6, 6.07) is 109. The monoisotopic (exact) mass is 1240 g/mol. The lowest BCUT2D eigenvalue weighted by Crippen LogP contribution is -2.04. The van der Waals surface area contributed by atoms with Crippen LogP contribution in [-0.2, 0) is 0 Å². The van der Waals surface area contributed by atoms with Crippen LogP contribution in [0.2, 0.25) is 0 Å². The Hall–Kier alpha value is -14.3. The summed E-state index contributed by atoms with van der Waals surface area (Å²) in [5.74, 6) is 0. The van der Waals surface area contributed by atoms with Gasteiger partial charge in [0.25, 0.3) is 0 Å². The summed E-state index contributed by atoms with van der Waals surface area (Å²) in [5, 5.41) is 60.8. The van der Waals surface area contributed by atoms with E-state index in [1.54, 1.807) is 0 Å². The Kier molecular flexibility index (Phi) is 12.9. The van der Waals surface area contributed by atoms with Crippen LogP contribution in [0.25, 0.3) is 166 Å². The first-order valence-electron chi connectivity index (χ1n) is 32.1. The molecule has 0 atom stereocenters. The van der Waals surface area contributed by atoms with Gasteiger partial charge in [-0.25, -0.2) is 0 Å². The summed E-state index contributed by atoms with van der Waals surface area (Å²) in [5.41, 5.74) is 22.1. The van der Waals surface area contributed by atoms with Gasteiger partial charge in [-0.3, -0.25) is 4.98 Å². The van der Waals surface area contributed by atoms with Crippen molar-refractivity contribution in [3.8, 4) is 109 Å². The number of nitriles is 5. The van der Waals surface area contributed by atoms with Crippen LogP contribution >= 0.6 is 0 Å². The summed E-state index contributed by atoms with van der Waals surface area (Å²) in [7, 11) is 0. The average Bonchev–Trinajstić information content (AvgIpc) is 1.14. The summed E-state index contributed by atoms with van der Waals surface area (Å²) < 4.78 is 8.97. The summed E-state index contributed by atoms with van der Waals surface area (Å²) in [4.78, 5) is 5.23. The van der Waals surface area contributed by atoms with E-state index in [-0.39, 0.29) is 0 Å². The number of aromatic nitrogens is 5. The lowest BCUT2D eigenvalue weighted by Gasteiger charge is -2.26. The predicted molar refractivity (Wildman–Crippen MR) is 392 cm³/mol. The second kappa shape index (κ2) is 22.5. The standard InChI is InChI=1S/C88H48N10/c89-49-54-20-40-80-70(45-54)66-11-1-5-16-76(66)95(80)62-32-24-58(25-33-62)84-74(53-93)85(59-26-34-63(35-27-59)96-77-17-6-2-12-67(77)71-46-55(50-90)21-41-81(71)96)88(75-15-9-10-44-94-75)87(61-30-38-65(39-31-61)98-79-19-8-4-14-69(79)73-48-57(52-92)23-43-83(73)98)86(84)60-28-36-64(37-29-60)97-78-18-7-3-13-68(78)72-47-56(51-91)22-42-82(72)97/h1-48H. The van der Waals surface area contributed by atoms with E-state index < -0.39 is 0 Å². The second-order valence-electron chi connectivity index (χ2n) is 24.5. The van der Waals surface area contributed by atoms with Crippen molar-refractivity contribution in [1.82, 2.24) is 23.3 Å².